The van der Waals surface area contributed by atoms with Gasteiger partial charge in [0.05, 0.1) is 0 Å². The van der Waals surface area contributed by atoms with Crippen LogP contribution in [0.2, 0.25) is 0 Å². The summed E-state index contributed by atoms with van der Waals surface area (Å²) in [7, 11) is -6.00. The van der Waals surface area contributed by atoms with Gasteiger partial charge in [-0.25, -0.2) is 4.39 Å². The van der Waals surface area contributed by atoms with E-state index in [1.807, 2.05) is 0 Å². The van der Waals surface area contributed by atoms with Crippen molar-refractivity contribution < 1.29 is 21.7 Å². The first-order valence-corrected chi connectivity index (χ1v) is 4.62. The molecule has 0 bridgehead atoms. The van der Waals surface area contributed by atoms with Gasteiger partial charge in [0.2, 0.25) is 5.39 Å². The molecule has 0 aliphatic carbocycles. The van der Waals surface area contributed by atoms with Crippen LogP contribution in [-0.4, -0.2) is 7.25 Å². The topological polar surface area (TPSA) is 28.1 Å². The standard InChI is InChI=1S/C7H5BrFN2.BF4/c1-4-2-5(9)3-6(8)7(4)11-10;2-1(3,4)5/h2-3H,1H3;/q+1;-1. The number of aryl methyl sites for hydroxylation is 1. The molecule has 0 saturated heterocycles. The van der Waals surface area contributed by atoms with Crippen molar-refractivity contribution in [3.63, 3.8) is 0 Å². The monoisotopic (exact) mass is 302 g/mol. The summed E-state index contributed by atoms with van der Waals surface area (Å²) in [6.07, 6.45) is 0. The van der Waals surface area contributed by atoms with Crippen molar-refractivity contribution in [2.24, 2.45) is 0 Å². The van der Waals surface area contributed by atoms with E-state index in [9.17, 15) is 21.7 Å². The zero-order chi connectivity index (χ0) is 12.9. The van der Waals surface area contributed by atoms with Gasteiger partial charge in [0.1, 0.15) is 10.3 Å². The molecule has 88 valence electrons. The third kappa shape index (κ3) is 6.34. The van der Waals surface area contributed by atoms with Gasteiger partial charge in [0.25, 0.3) is 0 Å². The second-order valence-electron chi connectivity index (χ2n) is 2.65. The predicted octanol–water partition coefficient (Wildman–Crippen LogP) is 4.68. The van der Waals surface area contributed by atoms with Crippen LogP contribution in [0.15, 0.2) is 16.6 Å². The van der Waals surface area contributed by atoms with Crippen molar-refractivity contribution in [1.82, 2.24) is 0 Å². The van der Waals surface area contributed by atoms with Crippen LogP contribution in [0.25, 0.3) is 4.98 Å². The summed E-state index contributed by atoms with van der Waals surface area (Å²) in [5, 5.41) is 8.46. The number of diazo groups is 1. The van der Waals surface area contributed by atoms with E-state index >= 15 is 0 Å². The Morgan fingerprint density at radius 2 is 1.69 bits per heavy atom. The van der Waals surface area contributed by atoms with E-state index in [1.54, 1.807) is 6.92 Å². The van der Waals surface area contributed by atoms with Crippen LogP contribution in [0.1, 0.15) is 5.56 Å². The van der Waals surface area contributed by atoms with E-state index < -0.39 is 7.25 Å². The van der Waals surface area contributed by atoms with Gasteiger partial charge in [-0.1, -0.05) is 0 Å². The highest BCUT2D eigenvalue weighted by molar-refractivity contribution is 9.10. The molecular weight excluding hydrogens is 298 g/mol. The van der Waals surface area contributed by atoms with Crippen molar-refractivity contribution in [2.45, 2.75) is 6.92 Å². The average Bonchev–Trinajstić information content (AvgIpc) is 1.99. The second-order valence-corrected chi connectivity index (χ2v) is 3.50. The molecule has 1 aromatic carbocycles. The zero-order valence-electron chi connectivity index (χ0n) is 7.89. The fourth-order valence-electron chi connectivity index (χ4n) is 0.821. The predicted molar refractivity (Wildman–Crippen MR) is 53.8 cm³/mol. The molecule has 0 radical (unpaired) electrons. The Morgan fingerprint density at radius 1 is 1.25 bits per heavy atom. The second kappa shape index (κ2) is 5.79. The number of halogens is 6. The van der Waals surface area contributed by atoms with Crippen molar-refractivity contribution >= 4 is 28.9 Å². The summed E-state index contributed by atoms with van der Waals surface area (Å²) in [4.78, 5) is 3.00. The molecule has 0 unspecified atom stereocenters. The summed E-state index contributed by atoms with van der Waals surface area (Å²) >= 11 is 3.06. The molecule has 0 aromatic heterocycles. The number of nitrogens with zero attached hydrogens (tertiary/aromatic N) is 2. The van der Waals surface area contributed by atoms with E-state index in [-0.39, 0.29) is 5.82 Å². The van der Waals surface area contributed by atoms with Crippen LogP contribution in [0, 0.1) is 18.1 Å². The lowest BCUT2D eigenvalue weighted by Gasteiger charge is -1.94. The quantitative estimate of drug-likeness (QED) is 0.388. The van der Waals surface area contributed by atoms with E-state index in [0.29, 0.717) is 15.7 Å². The SMILES string of the molecule is Cc1cc(F)cc(Br)c1[N+]#N.F[B-](F)(F)F. The van der Waals surface area contributed by atoms with Crippen LogP contribution in [0.5, 0.6) is 0 Å². The Labute approximate surface area is 96.3 Å². The normalized spacial score (nSPS) is 10.1. The highest BCUT2D eigenvalue weighted by atomic mass is 79.9. The molecule has 0 saturated carbocycles. The van der Waals surface area contributed by atoms with Gasteiger partial charge in [-0.05, 0) is 35.0 Å². The fourth-order valence-corrected chi connectivity index (χ4v) is 1.43. The fraction of sp³-hybridized carbons (Fsp3) is 0.143. The lowest BCUT2D eigenvalue weighted by molar-refractivity contribution is 0.368. The Bertz CT molecular complexity index is 385. The van der Waals surface area contributed by atoms with Crippen molar-refractivity contribution in [3.8, 4) is 0 Å². The number of hydrogen-bond donors (Lipinski definition) is 0. The minimum atomic E-state index is -6.00. The Kier molecular flexibility index (Phi) is 5.37. The van der Waals surface area contributed by atoms with Gasteiger partial charge < -0.3 is 17.3 Å². The molecule has 0 spiro atoms. The molecule has 0 N–H and O–H groups in total. The Hall–Kier alpha value is -1.17. The average molecular weight is 303 g/mol. The molecule has 2 nitrogen and oxygen atoms in total. The number of benzene rings is 1. The van der Waals surface area contributed by atoms with Gasteiger partial charge >= 0.3 is 12.9 Å². The highest BCUT2D eigenvalue weighted by Crippen LogP contribution is 2.29. The third-order valence-electron chi connectivity index (χ3n) is 1.32. The van der Waals surface area contributed by atoms with E-state index in [0.717, 1.165) is 0 Å². The maximum absolute atomic E-state index is 12.6. The first kappa shape index (κ1) is 14.8. The lowest BCUT2D eigenvalue weighted by atomic mass is 10.2. The van der Waals surface area contributed by atoms with E-state index in [2.05, 4.69) is 20.9 Å². The maximum atomic E-state index is 12.6. The van der Waals surface area contributed by atoms with Gasteiger partial charge in [0.15, 0.2) is 4.98 Å². The largest absolute Gasteiger partial charge is 0.673 e. The van der Waals surface area contributed by atoms with Crippen LogP contribution < -0.4 is 0 Å². The summed E-state index contributed by atoms with van der Waals surface area (Å²) < 4.78 is 52.0. The van der Waals surface area contributed by atoms with E-state index in [4.69, 9.17) is 5.39 Å². The Balaban J connectivity index is 0.000000385. The van der Waals surface area contributed by atoms with Gasteiger partial charge in [-0.2, -0.15) is 0 Å². The lowest BCUT2D eigenvalue weighted by Crippen LogP contribution is -2.02. The first-order chi connectivity index (χ1) is 7.15. The van der Waals surface area contributed by atoms with Crippen LogP contribution in [-0.2, 0) is 0 Å². The summed E-state index contributed by atoms with van der Waals surface area (Å²) in [5.41, 5.74) is 0.964. The third-order valence-corrected chi connectivity index (χ3v) is 1.92. The Morgan fingerprint density at radius 3 is 2.00 bits per heavy atom. The van der Waals surface area contributed by atoms with Crippen LogP contribution in [0.4, 0.5) is 27.3 Å². The minimum absolute atomic E-state index is 0.346. The molecule has 1 aromatic rings. The smallest absolute Gasteiger partial charge is 0.418 e. The van der Waals surface area contributed by atoms with Crippen molar-refractivity contribution in [2.75, 3.05) is 0 Å². The molecule has 0 fully saturated rings. The van der Waals surface area contributed by atoms with Crippen LogP contribution in [0.3, 0.4) is 0 Å². The molecule has 9 heteroatoms. The molecular formula is C7H5BBrF5N2. The zero-order valence-corrected chi connectivity index (χ0v) is 9.48. The van der Waals surface area contributed by atoms with Gasteiger partial charge in [-0.3, -0.25) is 0 Å². The number of rotatable bonds is 0. The molecule has 0 aliphatic heterocycles. The first-order valence-electron chi connectivity index (χ1n) is 3.83. The molecule has 0 atom stereocenters. The van der Waals surface area contributed by atoms with Gasteiger partial charge in [-0.15, -0.1) is 0 Å². The molecule has 0 heterocycles. The molecule has 1 rings (SSSR count). The summed E-state index contributed by atoms with van der Waals surface area (Å²) in [6, 6.07) is 2.56. The van der Waals surface area contributed by atoms with Gasteiger partial charge in [0, 0.05) is 5.56 Å². The highest BCUT2D eigenvalue weighted by Gasteiger charge is 2.20. The van der Waals surface area contributed by atoms with Crippen molar-refractivity contribution in [1.29, 1.82) is 5.39 Å². The summed E-state index contributed by atoms with van der Waals surface area (Å²) in [6.45, 7) is 1.67. The number of hydrogen-bond acceptors (Lipinski definition) is 1. The van der Waals surface area contributed by atoms with Crippen molar-refractivity contribution in [3.05, 3.63) is 33.0 Å². The van der Waals surface area contributed by atoms with Crippen LogP contribution >= 0.6 is 15.9 Å². The summed E-state index contributed by atoms with van der Waals surface area (Å²) in [5.74, 6) is -0.346. The minimum Gasteiger partial charge on any atom is -0.418 e. The van der Waals surface area contributed by atoms with E-state index in [1.165, 1.54) is 12.1 Å². The molecule has 0 amide bonds. The molecule has 16 heavy (non-hydrogen) atoms. The molecule has 0 aliphatic rings. The maximum Gasteiger partial charge on any atom is 0.673 e.